The fourth-order valence-corrected chi connectivity index (χ4v) is 1.56. The first kappa shape index (κ1) is 13.3. The number of halogens is 2. The summed E-state index contributed by atoms with van der Waals surface area (Å²) in [6.07, 6.45) is 0. The minimum Gasteiger partial charge on any atom is -0.383 e. The van der Waals surface area contributed by atoms with Crippen LogP contribution in [0.5, 0.6) is 0 Å². The van der Waals surface area contributed by atoms with Crippen LogP contribution >= 0.6 is 11.6 Å². The van der Waals surface area contributed by atoms with Crippen molar-refractivity contribution in [3.63, 3.8) is 0 Å². The molecule has 1 rings (SSSR count). The van der Waals surface area contributed by atoms with Gasteiger partial charge in [-0.05, 0) is 24.1 Å². The van der Waals surface area contributed by atoms with Crippen LogP contribution in [0, 0.1) is 11.7 Å². The van der Waals surface area contributed by atoms with Gasteiger partial charge in [-0.1, -0.05) is 25.4 Å². The summed E-state index contributed by atoms with van der Waals surface area (Å²) in [5.41, 5.74) is 0.808. The minimum atomic E-state index is -0.403. The third kappa shape index (κ3) is 3.65. The Labute approximate surface area is 101 Å². The summed E-state index contributed by atoms with van der Waals surface area (Å²) >= 11 is 5.71. The van der Waals surface area contributed by atoms with E-state index in [4.69, 9.17) is 16.3 Å². The van der Waals surface area contributed by atoms with E-state index >= 15 is 0 Å². The minimum absolute atomic E-state index is 0.130. The Hall–Kier alpha value is -0.800. The lowest BCUT2D eigenvalue weighted by atomic mass is 10.1. The maximum absolute atomic E-state index is 13.0. The van der Waals surface area contributed by atoms with Gasteiger partial charge in [-0.2, -0.15) is 0 Å². The molecule has 0 aliphatic rings. The van der Waals surface area contributed by atoms with Gasteiger partial charge in [0.05, 0.1) is 17.7 Å². The van der Waals surface area contributed by atoms with Gasteiger partial charge < -0.3 is 10.1 Å². The number of benzene rings is 1. The highest BCUT2D eigenvalue weighted by molar-refractivity contribution is 6.31. The Morgan fingerprint density at radius 1 is 1.44 bits per heavy atom. The van der Waals surface area contributed by atoms with Gasteiger partial charge in [0, 0.05) is 12.8 Å². The Morgan fingerprint density at radius 3 is 2.62 bits per heavy atom. The van der Waals surface area contributed by atoms with Crippen LogP contribution in [0.2, 0.25) is 5.02 Å². The largest absolute Gasteiger partial charge is 0.383 e. The number of ether oxygens (including phenoxy) is 1. The molecular weight excluding hydrogens is 229 g/mol. The maximum atomic E-state index is 13.0. The van der Waals surface area contributed by atoms with Crippen molar-refractivity contribution in [3.05, 3.63) is 29.0 Å². The van der Waals surface area contributed by atoms with Crippen LogP contribution in [-0.4, -0.2) is 19.8 Å². The van der Waals surface area contributed by atoms with Crippen molar-refractivity contribution < 1.29 is 9.13 Å². The smallest absolute Gasteiger partial charge is 0.141 e. The van der Waals surface area contributed by atoms with Crippen LogP contribution in [0.3, 0.4) is 0 Å². The van der Waals surface area contributed by atoms with E-state index in [1.165, 1.54) is 6.07 Å². The van der Waals surface area contributed by atoms with Gasteiger partial charge in [0.2, 0.25) is 0 Å². The van der Waals surface area contributed by atoms with Crippen LogP contribution in [0.4, 0.5) is 10.1 Å². The van der Waals surface area contributed by atoms with Crippen molar-refractivity contribution >= 4 is 17.3 Å². The van der Waals surface area contributed by atoms with Crippen molar-refractivity contribution in [2.45, 2.75) is 19.9 Å². The molecule has 0 bridgehead atoms. The first-order valence-electron chi connectivity index (χ1n) is 5.25. The molecule has 0 radical (unpaired) electrons. The van der Waals surface area contributed by atoms with Gasteiger partial charge in [-0.15, -0.1) is 0 Å². The zero-order valence-corrected chi connectivity index (χ0v) is 10.5. The van der Waals surface area contributed by atoms with E-state index in [0.717, 1.165) is 5.69 Å². The molecule has 2 nitrogen and oxygen atoms in total. The maximum Gasteiger partial charge on any atom is 0.141 e. The van der Waals surface area contributed by atoms with E-state index in [-0.39, 0.29) is 11.1 Å². The number of methoxy groups -OCH3 is 1. The Morgan fingerprint density at radius 2 is 2.12 bits per heavy atom. The Kier molecular flexibility index (Phi) is 5.03. The van der Waals surface area contributed by atoms with Crippen molar-refractivity contribution in [2.24, 2.45) is 5.92 Å². The third-order valence-corrected chi connectivity index (χ3v) is 2.71. The summed E-state index contributed by atoms with van der Waals surface area (Å²) < 4.78 is 18.1. The van der Waals surface area contributed by atoms with E-state index in [9.17, 15) is 4.39 Å². The van der Waals surface area contributed by atoms with Gasteiger partial charge in [-0.25, -0.2) is 4.39 Å². The molecule has 0 heterocycles. The Balaban J connectivity index is 2.73. The highest BCUT2D eigenvalue weighted by atomic mass is 35.5. The fraction of sp³-hybridized carbons (Fsp3) is 0.500. The summed E-state index contributed by atoms with van der Waals surface area (Å²) in [7, 11) is 1.66. The molecule has 0 amide bonds. The number of nitrogens with one attached hydrogen (secondary N) is 1. The predicted octanol–water partition coefficient (Wildman–Crippen LogP) is 3.56. The van der Waals surface area contributed by atoms with Crippen molar-refractivity contribution in [1.82, 2.24) is 0 Å². The summed E-state index contributed by atoms with van der Waals surface area (Å²) in [5, 5.41) is 3.40. The molecule has 4 heteroatoms. The molecule has 1 aromatic rings. The van der Waals surface area contributed by atoms with E-state index in [2.05, 4.69) is 19.2 Å². The van der Waals surface area contributed by atoms with E-state index < -0.39 is 5.82 Å². The molecule has 16 heavy (non-hydrogen) atoms. The number of hydrogen-bond donors (Lipinski definition) is 1. The van der Waals surface area contributed by atoms with Gasteiger partial charge in [-0.3, -0.25) is 0 Å². The lowest BCUT2D eigenvalue weighted by Gasteiger charge is -2.22. The topological polar surface area (TPSA) is 21.3 Å². The van der Waals surface area contributed by atoms with E-state index in [1.807, 2.05) is 0 Å². The molecule has 0 aliphatic carbocycles. The van der Waals surface area contributed by atoms with Crippen LogP contribution < -0.4 is 5.32 Å². The average molecular weight is 246 g/mol. The van der Waals surface area contributed by atoms with Crippen molar-refractivity contribution in [2.75, 3.05) is 19.0 Å². The molecule has 0 fully saturated rings. The lowest BCUT2D eigenvalue weighted by Crippen LogP contribution is -2.30. The van der Waals surface area contributed by atoms with Crippen LogP contribution in [0.1, 0.15) is 13.8 Å². The summed E-state index contributed by atoms with van der Waals surface area (Å²) in [5.74, 6) is 0.0174. The van der Waals surface area contributed by atoms with Gasteiger partial charge in [0.25, 0.3) is 0 Å². The number of rotatable bonds is 5. The molecule has 1 unspecified atom stereocenters. The predicted molar refractivity (Wildman–Crippen MR) is 65.5 cm³/mol. The SMILES string of the molecule is COCC(Nc1ccc(F)c(Cl)c1)C(C)C. The molecule has 1 atom stereocenters. The Bertz CT molecular complexity index is 344. The fourth-order valence-electron chi connectivity index (χ4n) is 1.38. The second kappa shape index (κ2) is 6.06. The monoisotopic (exact) mass is 245 g/mol. The standard InChI is InChI=1S/C12H17ClFNO/c1-8(2)12(7-16-3)15-9-4-5-11(14)10(13)6-9/h4-6,8,12,15H,7H2,1-3H3. The number of hydrogen-bond acceptors (Lipinski definition) is 2. The first-order valence-corrected chi connectivity index (χ1v) is 5.63. The molecule has 0 aromatic heterocycles. The zero-order valence-electron chi connectivity index (χ0n) is 9.76. The summed E-state index contributed by atoms with van der Waals surface area (Å²) in [6.45, 7) is 4.80. The van der Waals surface area contributed by atoms with Crippen LogP contribution in [0.15, 0.2) is 18.2 Å². The highest BCUT2D eigenvalue weighted by Gasteiger charge is 2.13. The molecule has 0 saturated carbocycles. The second-order valence-corrected chi connectivity index (χ2v) is 4.49. The van der Waals surface area contributed by atoms with E-state index in [0.29, 0.717) is 12.5 Å². The highest BCUT2D eigenvalue weighted by Crippen LogP contribution is 2.21. The third-order valence-electron chi connectivity index (χ3n) is 2.42. The molecule has 1 aromatic carbocycles. The second-order valence-electron chi connectivity index (χ2n) is 4.08. The first-order chi connectivity index (χ1) is 7.54. The van der Waals surface area contributed by atoms with Gasteiger partial charge in [0.15, 0.2) is 0 Å². The normalized spacial score (nSPS) is 12.9. The summed E-state index contributed by atoms with van der Waals surface area (Å²) in [6, 6.07) is 4.80. The number of anilines is 1. The zero-order chi connectivity index (χ0) is 12.1. The van der Waals surface area contributed by atoms with Gasteiger partial charge in [0.1, 0.15) is 5.82 Å². The quantitative estimate of drug-likeness (QED) is 0.857. The molecule has 0 saturated heterocycles. The lowest BCUT2D eigenvalue weighted by molar-refractivity contribution is 0.171. The molecular formula is C12H17ClFNO. The van der Waals surface area contributed by atoms with Crippen molar-refractivity contribution in [3.8, 4) is 0 Å². The van der Waals surface area contributed by atoms with E-state index in [1.54, 1.807) is 19.2 Å². The van der Waals surface area contributed by atoms with Gasteiger partial charge >= 0.3 is 0 Å². The molecule has 90 valence electrons. The van der Waals surface area contributed by atoms with Crippen LogP contribution in [-0.2, 0) is 4.74 Å². The van der Waals surface area contributed by atoms with Crippen LogP contribution in [0.25, 0.3) is 0 Å². The molecule has 1 N–H and O–H groups in total. The van der Waals surface area contributed by atoms with Crippen molar-refractivity contribution in [1.29, 1.82) is 0 Å². The molecule has 0 spiro atoms. The summed E-state index contributed by atoms with van der Waals surface area (Å²) in [4.78, 5) is 0. The molecule has 0 aliphatic heterocycles. The average Bonchev–Trinajstić information content (AvgIpc) is 2.22.